The molecule has 0 bridgehead atoms. The molecule has 0 aromatic carbocycles. The number of rotatable bonds is 7. The summed E-state index contributed by atoms with van der Waals surface area (Å²) in [6, 6.07) is 3.86. The lowest BCUT2D eigenvalue weighted by Gasteiger charge is -2.18. The first kappa shape index (κ1) is 23.5. The summed E-state index contributed by atoms with van der Waals surface area (Å²) in [7, 11) is 1.81. The topological polar surface area (TPSA) is 89.5 Å². The zero-order chi connectivity index (χ0) is 24.4. The minimum atomic E-state index is -0.314. The fourth-order valence-corrected chi connectivity index (χ4v) is 4.24. The number of anilines is 1. The van der Waals surface area contributed by atoms with Crippen LogP contribution < -0.4 is 15.8 Å². The molecule has 9 nitrogen and oxygen atoms in total. The monoisotopic (exact) mass is 463 g/mol. The van der Waals surface area contributed by atoms with Crippen molar-refractivity contribution in [2.24, 2.45) is 7.05 Å². The van der Waals surface area contributed by atoms with Crippen molar-refractivity contribution in [3.8, 4) is 0 Å². The fraction of sp³-hybridized carbons (Fsp3) is 0.440. The van der Waals surface area contributed by atoms with Crippen LogP contribution >= 0.6 is 0 Å². The van der Waals surface area contributed by atoms with Crippen LogP contribution in [0.5, 0.6) is 0 Å². The van der Waals surface area contributed by atoms with Crippen LogP contribution in [0.25, 0.3) is 11.7 Å². The molecule has 1 amide bonds. The molecule has 34 heavy (non-hydrogen) atoms. The molecule has 0 aliphatic carbocycles. The number of hydrogen-bond acceptors (Lipinski definition) is 5. The lowest BCUT2D eigenvalue weighted by Crippen LogP contribution is -2.39. The number of fused-ring (bicyclic) bond motifs is 1. The van der Waals surface area contributed by atoms with Gasteiger partial charge in [-0.25, -0.2) is 14.2 Å². The molecule has 3 aromatic heterocycles. The van der Waals surface area contributed by atoms with E-state index in [-0.39, 0.29) is 23.1 Å². The van der Waals surface area contributed by atoms with Gasteiger partial charge in [0.2, 0.25) is 0 Å². The molecular weight excluding hydrogens is 430 g/mol. The van der Waals surface area contributed by atoms with E-state index in [9.17, 15) is 9.59 Å². The largest absolute Gasteiger partial charge is 0.353 e. The van der Waals surface area contributed by atoms with Crippen molar-refractivity contribution in [3.63, 3.8) is 0 Å². The number of imidazole rings is 1. The van der Waals surface area contributed by atoms with Gasteiger partial charge >= 0.3 is 0 Å². The summed E-state index contributed by atoms with van der Waals surface area (Å²) in [5.41, 5.74) is 3.48. The zero-order valence-corrected chi connectivity index (χ0v) is 20.6. The van der Waals surface area contributed by atoms with Crippen molar-refractivity contribution < 1.29 is 4.79 Å². The normalized spacial score (nSPS) is 16.0. The summed E-state index contributed by atoms with van der Waals surface area (Å²) in [4.78, 5) is 32.6. The van der Waals surface area contributed by atoms with Crippen LogP contribution in [0.15, 0.2) is 40.8 Å². The third-order valence-corrected chi connectivity index (χ3v) is 6.30. The summed E-state index contributed by atoms with van der Waals surface area (Å²) in [5, 5.41) is 7.85. The minimum absolute atomic E-state index is 0.0579. The van der Waals surface area contributed by atoms with E-state index < -0.39 is 0 Å². The van der Waals surface area contributed by atoms with Crippen LogP contribution in [0.4, 0.5) is 5.82 Å². The van der Waals surface area contributed by atoms with Crippen LogP contribution in [0.2, 0.25) is 0 Å². The van der Waals surface area contributed by atoms with Gasteiger partial charge in [0.15, 0.2) is 5.65 Å². The number of hydrogen-bond donors (Lipinski definition) is 1. The first-order valence-corrected chi connectivity index (χ1v) is 11.8. The number of aromatic nitrogens is 5. The molecule has 9 heteroatoms. The molecule has 1 aliphatic rings. The second-order valence-corrected chi connectivity index (χ2v) is 9.01. The molecule has 1 atom stereocenters. The molecule has 1 N–H and O–H groups in total. The Morgan fingerprint density at radius 2 is 2.09 bits per heavy atom. The zero-order valence-electron chi connectivity index (χ0n) is 20.6. The van der Waals surface area contributed by atoms with Crippen molar-refractivity contribution in [1.82, 2.24) is 29.3 Å². The maximum absolute atomic E-state index is 13.1. The summed E-state index contributed by atoms with van der Waals surface area (Å²) >= 11 is 0. The summed E-state index contributed by atoms with van der Waals surface area (Å²) in [5.74, 6) is 0.527. The number of nitrogens with zero attached hydrogens (tertiary/aromatic N) is 6. The molecular formula is C25H33N7O2. The van der Waals surface area contributed by atoms with E-state index >= 15 is 0 Å². The van der Waals surface area contributed by atoms with Gasteiger partial charge in [-0.05, 0) is 51.8 Å². The third kappa shape index (κ3) is 4.55. The highest BCUT2D eigenvalue weighted by Gasteiger charge is 2.28. The van der Waals surface area contributed by atoms with Crippen LogP contribution in [0.1, 0.15) is 55.4 Å². The van der Waals surface area contributed by atoms with Crippen LogP contribution in [0.3, 0.4) is 0 Å². The average Bonchev–Trinajstić information content (AvgIpc) is 3.48. The van der Waals surface area contributed by atoms with Gasteiger partial charge < -0.3 is 10.2 Å². The number of carbonyl (C=O) groups excluding carboxylic acids is 1. The first-order chi connectivity index (χ1) is 16.3. The maximum Gasteiger partial charge on any atom is 0.280 e. The van der Waals surface area contributed by atoms with Gasteiger partial charge in [-0.1, -0.05) is 24.6 Å². The molecule has 4 heterocycles. The lowest BCUT2D eigenvalue weighted by molar-refractivity contribution is 0.0938. The maximum atomic E-state index is 13.1. The molecule has 0 spiro atoms. The van der Waals surface area contributed by atoms with Gasteiger partial charge in [0.05, 0.1) is 18.4 Å². The van der Waals surface area contributed by atoms with Crippen molar-refractivity contribution in [1.29, 1.82) is 0 Å². The Kier molecular flexibility index (Phi) is 6.72. The molecule has 0 unspecified atom stereocenters. The second kappa shape index (κ2) is 9.70. The Hall–Kier alpha value is -3.62. The molecule has 0 radical (unpaired) electrons. The Bertz CT molecular complexity index is 1320. The quantitative estimate of drug-likeness (QED) is 0.544. The van der Waals surface area contributed by atoms with Gasteiger partial charge in [-0.3, -0.25) is 14.3 Å². The highest BCUT2D eigenvalue weighted by Crippen LogP contribution is 2.20. The third-order valence-electron chi connectivity index (χ3n) is 6.30. The Labute approximate surface area is 199 Å². The summed E-state index contributed by atoms with van der Waals surface area (Å²) < 4.78 is 5.19. The van der Waals surface area contributed by atoms with Crippen LogP contribution in [-0.2, 0) is 13.6 Å². The van der Waals surface area contributed by atoms with Crippen molar-refractivity contribution in [2.45, 2.75) is 53.1 Å². The minimum Gasteiger partial charge on any atom is -0.353 e. The Morgan fingerprint density at radius 3 is 2.82 bits per heavy atom. The SMILES string of the molecule is CC/C=C/c1cnc2ccc(N3CC[C@H](NC(=O)c4c(C)n(C)n(CC=C(C)C)c4=O)C3)nn12. The Morgan fingerprint density at radius 1 is 1.29 bits per heavy atom. The van der Waals surface area contributed by atoms with Crippen molar-refractivity contribution in [3.05, 3.63) is 63.4 Å². The Balaban J connectivity index is 1.48. The van der Waals surface area contributed by atoms with E-state index in [0.717, 1.165) is 42.1 Å². The average molecular weight is 464 g/mol. The van der Waals surface area contributed by atoms with Gasteiger partial charge in [-0.2, -0.15) is 0 Å². The molecule has 3 aromatic rings. The summed E-state index contributed by atoms with van der Waals surface area (Å²) in [6.07, 6.45) is 9.63. The second-order valence-electron chi connectivity index (χ2n) is 9.01. The van der Waals surface area contributed by atoms with Gasteiger partial charge in [0.1, 0.15) is 11.4 Å². The highest BCUT2D eigenvalue weighted by atomic mass is 16.2. The predicted octanol–water partition coefficient (Wildman–Crippen LogP) is 2.94. The fourth-order valence-electron chi connectivity index (χ4n) is 4.24. The molecule has 4 rings (SSSR count). The van der Waals surface area contributed by atoms with Gasteiger partial charge in [0, 0.05) is 31.9 Å². The van der Waals surface area contributed by atoms with Crippen molar-refractivity contribution in [2.75, 3.05) is 18.0 Å². The van der Waals surface area contributed by atoms with Gasteiger partial charge in [0.25, 0.3) is 11.5 Å². The van der Waals surface area contributed by atoms with Crippen LogP contribution in [0, 0.1) is 6.92 Å². The van der Waals surface area contributed by atoms with E-state index in [1.807, 2.05) is 62.8 Å². The number of allylic oxidation sites excluding steroid dienone is 3. The van der Waals surface area contributed by atoms with Crippen molar-refractivity contribution >= 4 is 23.4 Å². The van der Waals surface area contributed by atoms with Gasteiger partial charge in [-0.15, -0.1) is 5.10 Å². The standard InChI is InChI=1S/C25H33N7O2/c1-6-7-8-20-15-26-21-9-10-22(28-32(20)21)30-13-12-19(16-30)27-24(33)23-18(4)29(5)31(25(23)34)14-11-17(2)3/h7-11,15,19H,6,12-14,16H2,1-5H3,(H,27,33)/b8-7+/t19-/m0/s1. The molecule has 180 valence electrons. The van der Waals surface area contributed by atoms with E-state index in [1.165, 1.54) is 0 Å². The lowest BCUT2D eigenvalue weighted by atomic mass is 10.2. The molecule has 1 saturated heterocycles. The number of nitrogens with one attached hydrogen (secondary N) is 1. The summed E-state index contributed by atoms with van der Waals surface area (Å²) in [6.45, 7) is 9.73. The smallest absolute Gasteiger partial charge is 0.280 e. The molecule has 1 fully saturated rings. The number of carbonyl (C=O) groups is 1. The van der Waals surface area contributed by atoms with E-state index in [4.69, 9.17) is 5.10 Å². The predicted molar refractivity (Wildman–Crippen MR) is 134 cm³/mol. The molecule has 0 saturated carbocycles. The molecule has 1 aliphatic heterocycles. The van der Waals surface area contributed by atoms with Crippen LogP contribution in [-0.4, -0.2) is 49.0 Å². The highest BCUT2D eigenvalue weighted by molar-refractivity contribution is 5.95. The van der Waals surface area contributed by atoms with E-state index in [2.05, 4.69) is 28.2 Å². The van der Waals surface area contributed by atoms with E-state index in [1.54, 1.807) is 9.36 Å². The number of amides is 1. The van der Waals surface area contributed by atoms with E-state index in [0.29, 0.717) is 18.8 Å². The first-order valence-electron chi connectivity index (χ1n) is 11.8.